The number of aryl methyl sites for hydroxylation is 1. The van der Waals surface area contributed by atoms with Gasteiger partial charge in [0.05, 0.1) is 17.6 Å². The lowest BCUT2D eigenvalue weighted by Gasteiger charge is -2.08. The second-order valence-corrected chi connectivity index (χ2v) is 7.44. The predicted molar refractivity (Wildman–Crippen MR) is 125 cm³/mol. The Bertz CT molecular complexity index is 1280. The van der Waals surface area contributed by atoms with Gasteiger partial charge >= 0.3 is 0 Å². The van der Waals surface area contributed by atoms with E-state index in [0.29, 0.717) is 11.3 Å². The van der Waals surface area contributed by atoms with Gasteiger partial charge in [-0.3, -0.25) is 9.78 Å². The molecule has 2 heterocycles. The molecule has 1 amide bonds. The number of halogens is 1. The quantitative estimate of drug-likeness (QED) is 0.402. The molecule has 0 unspecified atom stereocenters. The van der Waals surface area contributed by atoms with Crippen LogP contribution in [0.4, 0.5) is 4.39 Å². The van der Waals surface area contributed by atoms with E-state index in [1.165, 1.54) is 24.4 Å². The normalized spacial score (nSPS) is 11.0. The average molecular weight is 442 g/mol. The molecule has 2 aromatic carbocycles. The van der Waals surface area contributed by atoms with Crippen molar-refractivity contribution in [1.29, 1.82) is 0 Å². The van der Waals surface area contributed by atoms with Crippen LogP contribution in [0.15, 0.2) is 79.1 Å². The molecule has 0 aliphatic carbocycles. The molecule has 33 heavy (non-hydrogen) atoms. The van der Waals surface area contributed by atoms with Gasteiger partial charge in [0.2, 0.25) is 5.91 Å². The van der Waals surface area contributed by atoms with Gasteiger partial charge in [-0.2, -0.15) is 5.10 Å². The van der Waals surface area contributed by atoms with Crippen molar-refractivity contribution in [3.8, 4) is 17.2 Å². The number of benzene rings is 2. The molecule has 0 aliphatic rings. The van der Waals surface area contributed by atoms with E-state index in [0.717, 1.165) is 22.6 Å². The Morgan fingerprint density at radius 3 is 2.67 bits per heavy atom. The molecular weight excluding hydrogens is 419 g/mol. The highest BCUT2D eigenvalue weighted by Crippen LogP contribution is 2.24. The number of hydrogen-bond donors (Lipinski definition) is 1. The summed E-state index contributed by atoms with van der Waals surface area (Å²) in [6, 6.07) is 17.8. The molecule has 0 aliphatic heterocycles. The van der Waals surface area contributed by atoms with Crippen molar-refractivity contribution in [2.24, 2.45) is 0 Å². The minimum Gasteiger partial charge on any atom is -0.453 e. The van der Waals surface area contributed by atoms with Crippen molar-refractivity contribution < 1.29 is 13.9 Å². The largest absolute Gasteiger partial charge is 0.453 e. The van der Waals surface area contributed by atoms with E-state index in [4.69, 9.17) is 4.74 Å². The number of nitrogens with one attached hydrogen (secondary N) is 1. The Balaban J connectivity index is 1.38. The number of ether oxygens (including phenoxy) is 1. The second-order valence-electron chi connectivity index (χ2n) is 7.44. The Kier molecular flexibility index (Phi) is 6.59. The van der Waals surface area contributed by atoms with Gasteiger partial charge in [-0.15, -0.1) is 0 Å². The monoisotopic (exact) mass is 442 g/mol. The van der Waals surface area contributed by atoms with Gasteiger partial charge < -0.3 is 10.1 Å². The van der Waals surface area contributed by atoms with Gasteiger partial charge in [0.1, 0.15) is 5.75 Å². The van der Waals surface area contributed by atoms with Crippen LogP contribution in [0, 0.1) is 19.7 Å². The minimum atomic E-state index is -0.513. The van der Waals surface area contributed by atoms with Crippen LogP contribution >= 0.6 is 0 Å². The Hall–Kier alpha value is -4.26. The van der Waals surface area contributed by atoms with Crippen molar-refractivity contribution in [1.82, 2.24) is 20.1 Å². The lowest BCUT2D eigenvalue weighted by molar-refractivity contribution is -0.116. The van der Waals surface area contributed by atoms with Crippen LogP contribution in [0.5, 0.6) is 11.5 Å². The van der Waals surface area contributed by atoms with Crippen LogP contribution in [-0.4, -0.2) is 20.7 Å². The first-order valence-electron chi connectivity index (χ1n) is 10.4. The molecule has 0 radical (unpaired) electrons. The third kappa shape index (κ3) is 5.33. The Labute approximate surface area is 191 Å². The number of hydrogen-bond acceptors (Lipinski definition) is 4. The first-order chi connectivity index (χ1) is 16.0. The molecule has 2 aromatic heterocycles. The van der Waals surface area contributed by atoms with Crippen molar-refractivity contribution in [2.75, 3.05) is 0 Å². The summed E-state index contributed by atoms with van der Waals surface area (Å²) in [7, 11) is 0. The first-order valence-corrected chi connectivity index (χ1v) is 10.4. The predicted octanol–water partition coefficient (Wildman–Crippen LogP) is 5.15. The van der Waals surface area contributed by atoms with E-state index < -0.39 is 5.82 Å². The van der Waals surface area contributed by atoms with Gasteiger partial charge in [-0.25, -0.2) is 9.07 Å². The van der Waals surface area contributed by atoms with Gasteiger partial charge in [0.25, 0.3) is 0 Å². The maximum Gasteiger partial charge on any atom is 0.244 e. The molecule has 0 saturated carbocycles. The summed E-state index contributed by atoms with van der Waals surface area (Å²) in [6.45, 7) is 4.05. The van der Waals surface area contributed by atoms with Gasteiger partial charge in [-0.1, -0.05) is 24.3 Å². The molecule has 7 heteroatoms. The number of nitrogens with zero attached hydrogens (tertiary/aromatic N) is 3. The summed E-state index contributed by atoms with van der Waals surface area (Å²) in [6.07, 6.45) is 6.33. The zero-order valence-electron chi connectivity index (χ0n) is 18.3. The van der Waals surface area contributed by atoms with Gasteiger partial charge in [-0.05, 0) is 61.9 Å². The number of rotatable bonds is 7. The molecule has 0 bridgehead atoms. The molecule has 0 saturated heterocycles. The summed E-state index contributed by atoms with van der Waals surface area (Å²) < 4.78 is 21.7. The molecule has 1 N–H and O–H groups in total. The van der Waals surface area contributed by atoms with Crippen molar-refractivity contribution in [2.45, 2.75) is 20.4 Å². The van der Waals surface area contributed by atoms with Crippen LogP contribution in [0.3, 0.4) is 0 Å². The number of para-hydroxylation sites is 1. The molecule has 0 fully saturated rings. The average Bonchev–Trinajstić information content (AvgIpc) is 3.12. The number of aromatic nitrogens is 3. The molecule has 0 atom stereocenters. The van der Waals surface area contributed by atoms with E-state index in [-0.39, 0.29) is 18.2 Å². The number of carbonyl (C=O) groups is 1. The van der Waals surface area contributed by atoms with Crippen LogP contribution in [0.25, 0.3) is 11.8 Å². The highest BCUT2D eigenvalue weighted by atomic mass is 19.1. The molecular formula is C26H23FN4O2. The fourth-order valence-corrected chi connectivity index (χ4v) is 3.40. The third-order valence-electron chi connectivity index (χ3n) is 5.07. The standard InChI is InChI=1S/C26H23FN4O2/c1-18-23(19(2)31(30-18)21-7-4-3-5-8-21)11-13-26(32)29-16-20-10-12-25(24(27)15-20)33-22-9-6-14-28-17-22/h3-15,17H,16H2,1-2H3,(H,29,32). The van der Waals surface area contributed by atoms with Crippen LogP contribution < -0.4 is 10.1 Å². The number of pyridine rings is 1. The molecule has 4 rings (SSSR count). The maximum absolute atomic E-state index is 14.4. The topological polar surface area (TPSA) is 69.0 Å². The van der Waals surface area contributed by atoms with E-state index in [2.05, 4.69) is 15.4 Å². The van der Waals surface area contributed by atoms with E-state index >= 15 is 0 Å². The first kappa shape index (κ1) is 22.0. The highest BCUT2D eigenvalue weighted by molar-refractivity contribution is 5.92. The zero-order chi connectivity index (χ0) is 23.2. The molecule has 6 nitrogen and oxygen atoms in total. The molecule has 0 spiro atoms. The molecule has 166 valence electrons. The van der Waals surface area contributed by atoms with Crippen LogP contribution in [0.1, 0.15) is 22.5 Å². The fourth-order valence-electron chi connectivity index (χ4n) is 3.40. The van der Waals surface area contributed by atoms with Crippen LogP contribution in [0.2, 0.25) is 0 Å². The van der Waals surface area contributed by atoms with Crippen LogP contribution in [-0.2, 0) is 11.3 Å². The lowest BCUT2D eigenvalue weighted by atomic mass is 10.1. The SMILES string of the molecule is Cc1nn(-c2ccccc2)c(C)c1C=CC(=O)NCc1ccc(Oc2cccnc2)c(F)c1. The van der Waals surface area contributed by atoms with Gasteiger partial charge in [0.15, 0.2) is 11.6 Å². The summed E-state index contributed by atoms with van der Waals surface area (Å²) in [5.41, 5.74) is 4.23. The van der Waals surface area contributed by atoms with Crippen molar-refractivity contribution in [3.63, 3.8) is 0 Å². The number of carbonyl (C=O) groups excluding carboxylic acids is 1. The van der Waals surface area contributed by atoms with E-state index in [1.54, 1.807) is 30.5 Å². The molecule has 4 aromatic rings. The van der Waals surface area contributed by atoms with E-state index in [9.17, 15) is 9.18 Å². The van der Waals surface area contributed by atoms with Crippen molar-refractivity contribution >= 4 is 12.0 Å². The lowest BCUT2D eigenvalue weighted by Crippen LogP contribution is -2.20. The maximum atomic E-state index is 14.4. The zero-order valence-corrected chi connectivity index (χ0v) is 18.3. The summed E-state index contributed by atoms with van der Waals surface area (Å²) >= 11 is 0. The summed E-state index contributed by atoms with van der Waals surface area (Å²) in [5.74, 6) is -0.249. The fraction of sp³-hybridized carbons (Fsp3) is 0.115. The summed E-state index contributed by atoms with van der Waals surface area (Å²) in [5, 5.41) is 7.35. The Morgan fingerprint density at radius 2 is 1.94 bits per heavy atom. The second kappa shape index (κ2) is 9.91. The highest BCUT2D eigenvalue weighted by Gasteiger charge is 2.11. The minimum absolute atomic E-state index is 0.0966. The smallest absolute Gasteiger partial charge is 0.244 e. The third-order valence-corrected chi connectivity index (χ3v) is 5.07. The Morgan fingerprint density at radius 1 is 1.12 bits per heavy atom. The van der Waals surface area contributed by atoms with E-state index in [1.807, 2.05) is 48.9 Å². The number of amides is 1. The summed E-state index contributed by atoms with van der Waals surface area (Å²) in [4.78, 5) is 16.3. The van der Waals surface area contributed by atoms with Gasteiger partial charge in [0, 0.05) is 30.1 Å². The van der Waals surface area contributed by atoms with Crippen molar-refractivity contribution in [3.05, 3.63) is 107 Å².